The van der Waals surface area contributed by atoms with Crippen LogP contribution in [0.2, 0.25) is 0 Å². The van der Waals surface area contributed by atoms with E-state index in [0.717, 1.165) is 34.3 Å². The number of nitro benzene ring substituents is 1. The summed E-state index contributed by atoms with van der Waals surface area (Å²) in [6.45, 7) is 2.07. The highest BCUT2D eigenvalue weighted by atomic mass is 16.6. The van der Waals surface area contributed by atoms with E-state index in [-0.39, 0.29) is 10.6 Å². The number of nitrogens with zero attached hydrogens (tertiary/aromatic N) is 1. The molecule has 3 aromatic carbocycles. The van der Waals surface area contributed by atoms with Crippen LogP contribution in [-0.2, 0) is 0 Å². The Hall–Kier alpha value is -3.60. The number of benzene rings is 3. The molecule has 4 N–H and O–H groups in total. The lowest BCUT2D eigenvalue weighted by Gasteiger charge is -2.16. The van der Waals surface area contributed by atoms with Crippen LogP contribution in [0.3, 0.4) is 0 Å². The second-order valence-electron chi connectivity index (χ2n) is 6.26. The van der Waals surface area contributed by atoms with Crippen LogP contribution >= 0.6 is 0 Å². The number of rotatable bonds is 5. The third kappa shape index (κ3) is 3.98. The lowest BCUT2D eigenvalue weighted by atomic mass is 9.88. The second-order valence-corrected chi connectivity index (χ2v) is 6.26. The lowest BCUT2D eigenvalue weighted by Crippen LogP contribution is -1.97. The minimum Gasteiger partial charge on any atom is -0.399 e. The predicted molar refractivity (Wildman–Crippen MR) is 111 cm³/mol. The second kappa shape index (κ2) is 7.74. The molecule has 0 bridgehead atoms. The monoisotopic (exact) mass is 359 g/mol. The average Bonchev–Trinajstić information content (AvgIpc) is 2.68. The van der Waals surface area contributed by atoms with Gasteiger partial charge in [-0.25, -0.2) is 0 Å². The van der Waals surface area contributed by atoms with Crippen LogP contribution in [0.4, 0.5) is 17.1 Å². The van der Waals surface area contributed by atoms with Gasteiger partial charge in [0.25, 0.3) is 5.69 Å². The van der Waals surface area contributed by atoms with Crippen LogP contribution in [0, 0.1) is 10.1 Å². The van der Waals surface area contributed by atoms with Crippen molar-refractivity contribution in [2.75, 3.05) is 11.5 Å². The molecular weight excluding hydrogens is 338 g/mol. The normalized spacial score (nSPS) is 10.4. The van der Waals surface area contributed by atoms with Gasteiger partial charge in [0, 0.05) is 23.5 Å². The van der Waals surface area contributed by atoms with E-state index in [4.69, 9.17) is 11.5 Å². The van der Waals surface area contributed by atoms with Crippen LogP contribution in [0.1, 0.15) is 30.0 Å². The molecule has 0 saturated carbocycles. The lowest BCUT2D eigenvalue weighted by molar-refractivity contribution is -0.384. The highest BCUT2D eigenvalue weighted by Crippen LogP contribution is 2.35. The molecular formula is C22H21N3O2. The number of nitrogens with two attached hydrogens (primary N) is 2. The van der Waals surface area contributed by atoms with E-state index in [0.29, 0.717) is 11.4 Å². The van der Waals surface area contributed by atoms with E-state index in [9.17, 15) is 10.1 Å². The first-order chi connectivity index (χ1) is 13.0. The van der Waals surface area contributed by atoms with Crippen LogP contribution in [-0.4, -0.2) is 4.92 Å². The first-order valence-corrected chi connectivity index (χ1v) is 8.69. The Bertz CT molecular complexity index is 926. The third-order valence-electron chi connectivity index (χ3n) is 4.48. The molecule has 0 saturated heterocycles. The van der Waals surface area contributed by atoms with Gasteiger partial charge < -0.3 is 11.5 Å². The number of allylic oxidation sites excluding steroid dienone is 1. The molecule has 0 heterocycles. The topological polar surface area (TPSA) is 95.2 Å². The Morgan fingerprint density at radius 1 is 0.778 bits per heavy atom. The Morgan fingerprint density at radius 2 is 1.19 bits per heavy atom. The van der Waals surface area contributed by atoms with E-state index < -0.39 is 0 Å². The van der Waals surface area contributed by atoms with Crippen LogP contribution < -0.4 is 11.5 Å². The van der Waals surface area contributed by atoms with Crippen LogP contribution in [0.15, 0.2) is 72.8 Å². The Kier molecular flexibility index (Phi) is 5.22. The average molecular weight is 359 g/mol. The maximum Gasteiger partial charge on any atom is 0.269 e. The van der Waals surface area contributed by atoms with Gasteiger partial charge in [-0.05, 0) is 70.7 Å². The standard InChI is InChI=1S/C22H21N3O2/c1-2-21(15-7-13-20(14-8-15)25(26)27)22(16-3-9-18(23)10-4-16)17-5-11-19(24)12-6-17/h3-14H,2,23-24H2,1H3. The number of nitro groups is 1. The molecule has 5 nitrogen and oxygen atoms in total. The maximum atomic E-state index is 11.0. The molecule has 3 aromatic rings. The van der Waals surface area contributed by atoms with E-state index in [1.807, 2.05) is 48.5 Å². The Balaban J connectivity index is 2.22. The van der Waals surface area contributed by atoms with Gasteiger partial charge in [-0.3, -0.25) is 10.1 Å². The molecule has 27 heavy (non-hydrogen) atoms. The van der Waals surface area contributed by atoms with Crippen molar-refractivity contribution in [3.63, 3.8) is 0 Å². The summed E-state index contributed by atoms with van der Waals surface area (Å²) < 4.78 is 0. The van der Waals surface area contributed by atoms with Crippen LogP contribution in [0.25, 0.3) is 11.1 Å². The van der Waals surface area contributed by atoms with Gasteiger partial charge in [-0.2, -0.15) is 0 Å². The molecule has 0 atom stereocenters. The fourth-order valence-electron chi connectivity index (χ4n) is 3.12. The number of hydrogen-bond donors (Lipinski definition) is 2. The Labute approximate surface area is 158 Å². The summed E-state index contributed by atoms with van der Waals surface area (Å²) >= 11 is 0. The van der Waals surface area contributed by atoms with Crippen molar-refractivity contribution >= 4 is 28.2 Å². The number of nitrogen functional groups attached to an aromatic ring is 2. The molecule has 0 unspecified atom stereocenters. The largest absolute Gasteiger partial charge is 0.399 e. The van der Waals surface area contributed by atoms with Crippen molar-refractivity contribution in [3.8, 4) is 0 Å². The maximum absolute atomic E-state index is 11.0. The third-order valence-corrected chi connectivity index (χ3v) is 4.48. The minimum atomic E-state index is -0.389. The SMILES string of the molecule is CCC(=C(c1ccc(N)cc1)c1ccc(N)cc1)c1ccc([N+](=O)[O-])cc1. The summed E-state index contributed by atoms with van der Waals surface area (Å²) in [4.78, 5) is 10.6. The molecule has 0 aliphatic heterocycles. The summed E-state index contributed by atoms with van der Waals surface area (Å²) in [6.07, 6.45) is 0.766. The number of non-ortho nitro benzene ring substituents is 1. The Morgan fingerprint density at radius 3 is 1.56 bits per heavy atom. The zero-order chi connectivity index (χ0) is 19.4. The van der Waals surface area contributed by atoms with Gasteiger partial charge in [0.2, 0.25) is 0 Å². The molecule has 0 spiro atoms. The summed E-state index contributed by atoms with van der Waals surface area (Å²) in [6, 6.07) is 22.1. The van der Waals surface area contributed by atoms with Crippen molar-refractivity contribution in [1.82, 2.24) is 0 Å². The van der Waals surface area contributed by atoms with Crippen molar-refractivity contribution in [1.29, 1.82) is 0 Å². The van der Waals surface area contributed by atoms with E-state index in [2.05, 4.69) is 6.92 Å². The number of anilines is 2. The van der Waals surface area contributed by atoms with Gasteiger partial charge in [0.1, 0.15) is 0 Å². The van der Waals surface area contributed by atoms with Crippen molar-refractivity contribution < 1.29 is 4.92 Å². The summed E-state index contributed by atoms with van der Waals surface area (Å²) in [5.41, 5.74) is 18.4. The predicted octanol–water partition coefficient (Wildman–Crippen LogP) is 5.13. The highest BCUT2D eigenvalue weighted by molar-refractivity contribution is 5.98. The van der Waals surface area contributed by atoms with Crippen molar-refractivity contribution in [2.45, 2.75) is 13.3 Å². The fourth-order valence-corrected chi connectivity index (χ4v) is 3.12. The zero-order valence-electron chi connectivity index (χ0n) is 15.1. The van der Waals surface area contributed by atoms with Gasteiger partial charge in [0.05, 0.1) is 4.92 Å². The number of hydrogen-bond acceptors (Lipinski definition) is 4. The molecule has 0 aliphatic rings. The molecule has 3 rings (SSSR count). The molecule has 136 valence electrons. The van der Waals surface area contributed by atoms with Gasteiger partial charge >= 0.3 is 0 Å². The molecule has 0 aromatic heterocycles. The van der Waals surface area contributed by atoms with E-state index in [1.54, 1.807) is 12.1 Å². The van der Waals surface area contributed by atoms with Gasteiger partial charge in [-0.1, -0.05) is 31.2 Å². The molecule has 5 heteroatoms. The quantitative estimate of drug-likeness (QED) is 0.286. The van der Waals surface area contributed by atoms with E-state index >= 15 is 0 Å². The molecule has 0 fully saturated rings. The molecule has 0 radical (unpaired) electrons. The first kappa shape index (κ1) is 18.2. The van der Waals surface area contributed by atoms with Gasteiger partial charge in [-0.15, -0.1) is 0 Å². The van der Waals surface area contributed by atoms with Crippen molar-refractivity contribution in [2.24, 2.45) is 0 Å². The summed E-state index contributed by atoms with van der Waals surface area (Å²) in [7, 11) is 0. The molecule has 0 aliphatic carbocycles. The zero-order valence-corrected chi connectivity index (χ0v) is 15.1. The fraction of sp³-hybridized carbons (Fsp3) is 0.0909. The first-order valence-electron chi connectivity index (χ1n) is 8.69. The smallest absolute Gasteiger partial charge is 0.269 e. The molecule has 0 amide bonds. The van der Waals surface area contributed by atoms with Gasteiger partial charge in [0.15, 0.2) is 0 Å². The van der Waals surface area contributed by atoms with E-state index in [1.165, 1.54) is 12.1 Å². The minimum absolute atomic E-state index is 0.0794. The highest BCUT2D eigenvalue weighted by Gasteiger charge is 2.14. The summed E-state index contributed by atoms with van der Waals surface area (Å²) in [5.74, 6) is 0. The summed E-state index contributed by atoms with van der Waals surface area (Å²) in [5, 5.41) is 11.0. The van der Waals surface area contributed by atoms with Crippen LogP contribution in [0.5, 0.6) is 0 Å². The van der Waals surface area contributed by atoms with Crippen molar-refractivity contribution in [3.05, 3.63) is 99.6 Å².